The van der Waals surface area contributed by atoms with Crippen molar-refractivity contribution in [1.29, 1.82) is 0 Å². The van der Waals surface area contributed by atoms with Crippen molar-refractivity contribution in [3.63, 3.8) is 0 Å². The molecule has 0 unspecified atom stereocenters. The number of pyridine rings is 1. The van der Waals surface area contributed by atoms with Crippen LogP contribution in [0.5, 0.6) is 0 Å². The predicted molar refractivity (Wildman–Crippen MR) is 70.4 cm³/mol. The fraction of sp³-hybridized carbons (Fsp3) is 0.0769. The van der Waals surface area contributed by atoms with Gasteiger partial charge in [0.15, 0.2) is 5.78 Å². The second kappa shape index (κ2) is 5.58. The Kier molecular flexibility index (Phi) is 3.87. The van der Waals surface area contributed by atoms with Crippen LogP contribution in [-0.4, -0.2) is 15.7 Å². The van der Waals surface area contributed by atoms with Gasteiger partial charge in [0.05, 0.1) is 16.4 Å². The third kappa shape index (κ3) is 3.14. The van der Waals surface area contributed by atoms with Crippen LogP contribution in [0.1, 0.15) is 16.1 Å². The van der Waals surface area contributed by atoms with E-state index in [4.69, 9.17) is 11.6 Å². The van der Waals surface area contributed by atoms with Crippen LogP contribution < -0.4 is 0 Å². The van der Waals surface area contributed by atoms with Gasteiger partial charge in [0.2, 0.25) is 0 Å². The van der Waals surface area contributed by atoms with Crippen molar-refractivity contribution in [1.82, 2.24) is 4.98 Å². The summed E-state index contributed by atoms with van der Waals surface area (Å²) in [5.41, 5.74) is 0.369. The van der Waals surface area contributed by atoms with Crippen LogP contribution in [0, 0.1) is 10.1 Å². The topological polar surface area (TPSA) is 73.1 Å². The number of carbonyl (C=O) groups excluding carboxylic acids is 1. The standard InChI is InChI=1S/C13H9ClN2O3/c14-10-6-12(16(18)19)11(15-8-10)7-13(17)9-4-2-1-3-5-9/h1-6,8H,7H2. The largest absolute Gasteiger partial charge is 0.294 e. The van der Waals surface area contributed by atoms with E-state index in [1.165, 1.54) is 12.3 Å². The van der Waals surface area contributed by atoms with Gasteiger partial charge in [-0.25, -0.2) is 0 Å². The lowest BCUT2D eigenvalue weighted by Gasteiger charge is -2.02. The first-order valence-corrected chi connectivity index (χ1v) is 5.83. The van der Waals surface area contributed by atoms with Crippen LogP contribution >= 0.6 is 11.6 Å². The van der Waals surface area contributed by atoms with E-state index in [0.29, 0.717) is 5.56 Å². The molecule has 1 aromatic carbocycles. The van der Waals surface area contributed by atoms with Crippen molar-refractivity contribution >= 4 is 23.1 Å². The first-order valence-electron chi connectivity index (χ1n) is 5.45. The number of ketones is 1. The molecule has 0 saturated heterocycles. The molecule has 0 aliphatic heterocycles. The summed E-state index contributed by atoms with van der Waals surface area (Å²) in [6, 6.07) is 9.77. The highest BCUT2D eigenvalue weighted by Crippen LogP contribution is 2.22. The molecule has 0 atom stereocenters. The molecule has 96 valence electrons. The molecule has 0 spiro atoms. The number of halogens is 1. The van der Waals surface area contributed by atoms with Crippen LogP contribution in [0.25, 0.3) is 0 Å². The number of nitro groups is 1. The lowest BCUT2D eigenvalue weighted by Crippen LogP contribution is -2.07. The summed E-state index contributed by atoms with van der Waals surface area (Å²) in [6.07, 6.45) is 1.17. The van der Waals surface area contributed by atoms with Gasteiger partial charge in [-0.2, -0.15) is 0 Å². The quantitative estimate of drug-likeness (QED) is 0.489. The van der Waals surface area contributed by atoms with Crippen molar-refractivity contribution in [3.05, 3.63) is 69.0 Å². The summed E-state index contributed by atoms with van der Waals surface area (Å²) in [5, 5.41) is 11.1. The van der Waals surface area contributed by atoms with Crippen LogP contribution in [-0.2, 0) is 6.42 Å². The fourth-order valence-electron chi connectivity index (χ4n) is 1.63. The average molecular weight is 277 g/mol. The monoisotopic (exact) mass is 276 g/mol. The Morgan fingerprint density at radius 2 is 2.00 bits per heavy atom. The zero-order valence-electron chi connectivity index (χ0n) is 9.75. The highest BCUT2D eigenvalue weighted by molar-refractivity contribution is 6.30. The Hall–Kier alpha value is -2.27. The van der Waals surface area contributed by atoms with Gasteiger partial charge in [0, 0.05) is 17.8 Å². The minimum atomic E-state index is -0.591. The van der Waals surface area contributed by atoms with E-state index in [2.05, 4.69) is 4.98 Å². The van der Waals surface area contributed by atoms with Gasteiger partial charge in [0.25, 0.3) is 5.69 Å². The molecule has 0 N–H and O–H groups in total. The van der Waals surface area contributed by atoms with E-state index in [1.54, 1.807) is 30.3 Å². The summed E-state index contributed by atoms with van der Waals surface area (Å²) in [6.45, 7) is 0. The van der Waals surface area contributed by atoms with Crippen LogP contribution in [0.2, 0.25) is 5.02 Å². The molecule has 0 bridgehead atoms. The summed E-state index contributed by atoms with van der Waals surface area (Å²) < 4.78 is 0. The lowest BCUT2D eigenvalue weighted by atomic mass is 10.1. The normalized spacial score (nSPS) is 10.2. The van der Waals surface area contributed by atoms with Gasteiger partial charge in [-0.05, 0) is 0 Å². The lowest BCUT2D eigenvalue weighted by molar-refractivity contribution is -0.385. The van der Waals surface area contributed by atoms with E-state index < -0.39 is 4.92 Å². The zero-order chi connectivity index (χ0) is 13.8. The Morgan fingerprint density at radius 3 is 2.63 bits per heavy atom. The Balaban J connectivity index is 2.29. The molecule has 19 heavy (non-hydrogen) atoms. The van der Waals surface area contributed by atoms with E-state index in [1.807, 2.05) is 0 Å². The second-order valence-corrected chi connectivity index (χ2v) is 4.28. The molecule has 6 heteroatoms. The number of aromatic nitrogens is 1. The van der Waals surface area contributed by atoms with Crippen LogP contribution in [0.15, 0.2) is 42.6 Å². The van der Waals surface area contributed by atoms with Gasteiger partial charge in [0.1, 0.15) is 5.69 Å². The number of nitrogens with zero attached hydrogens (tertiary/aromatic N) is 2. The third-order valence-electron chi connectivity index (χ3n) is 2.53. The molecule has 2 aromatic rings. The number of rotatable bonds is 4. The number of hydrogen-bond acceptors (Lipinski definition) is 4. The molecule has 5 nitrogen and oxygen atoms in total. The fourth-order valence-corrected chi connectivity index (χ4v) is 1.78. The molecule has 2 rings (SSSR count). The molecular formula is C13H9ClN2O3. The molecule has 0 aliphatic carbocycles. The highest BCUT2D eigenvalue weighted by atomic mass is 35.5. The zero-order valence-corrected chi connectivity index (χ0v) is 10.5. The SMILES string of the molecule is O=C(Cc1ncc(Cl)cc1[N+](=O)[O-])c1ccccc1. The van der Waals surface area contributed by atoms with Crippen LogP contribution in [0.3, 0.4) is 0 Å². The van der Waals surface area contributed by atoms with Crippen molar-refractivity contribution in [2.45, 2.75) is 6.42 Å². The number of benzene rings is 1. The smallest absolute Gasteiger partial charge is 0.292 e. The molecule has 0 fully saturated rings. The van der Waals surface area contributed by atoms with Crippen molar-refractivity contribution in [2.24, 2.45) is 0 Å². The van der Waals surface area contributed by atoms with Crippen LogP contribution in [0.4, 0.5) is 5.69 Å². The Bertz CT molecular complexity index is 629. The van der Waals surface area contributed by atoms with Crippen molar-refractivity contribution in [3.8, 4) is 0 Å². The van der Waals surface area contributed by atoms with Gasteiger partial charge in [-0.15, -0.1) is 0 Å². The summed E-state index contributed by atoms with van der Waals surface area (Å²) in [5.74, 6) is -0.224. The molecule has 1 aromatic heterocycles. The number of Topliss-reactive ketones (excluding diaryl/α,β-unsaturated/α-hetero) is 1. The highest BCUT2D eigenvalue weighted by Gasteiger charge is 2.19. The second-order valence-electron chi connectivity index (χ2n) is 3.84. The minimum Gasteiger partial charge on any atom is -0.294 e. The van der Waals surface area contributed by atoms with E-state index in [9.17, 15) is 14.9 Å². The summed E-state index contributed by atoms with van der Waals surface area (Å²) in [4.78, 5) is 26.1. The third-order valence-corrected chi connectivity index (χ3v) is 2.74. The Labute approximate surface area is 114 Å². The molecule has 0 saturated carbocycles. The summed E-state index contributed by atoms with van der Waals surface area (Å²) >= 11 is 5.66. The Morgan fingerprint density at radius 1 is 1.32 bits per heavy atom. The minimum absolute atomic E-state index is 0.114. The number of hydrogen-bond donors (Lipinski definition) is 0. The van der Waals surface area contributed by atoms with E-state index in [-0.39, 0.29) is 28.6 Å². The molecule has 0 radical (unpaired) electrons. The maximum Gasteiger partial charge on any atom is 0.292 e. The average Bonchev–Trinajstić information content (AvgIpc) is 2.41. The summed E-state index contributed by atoms with van der Waals surface area (Å²) in [7, 11) is 0. The maximum absolute atomic E-state index is 12.0. The van der Waals surface area contributed by atoms with Crippen molar-refractivity contribution < 1.29 is 9.72 Å². The van der Waals surface area contributed by atoms with Gasteiger partial charge in [-0.3, -0.25) is 19.9 Å². The van der Waals surface area contributed by atoms with E-state index in [0.717, 1.165) is 0 Å². The first kappa shape index (κ1) is 13.2. The molecule has 1 heterocycles. The predicted octanol–water partition coefficient (Wildman–Crippen LogP) is 3.07. The molecular weight excluding hydrogens is 268 g/mol. The van der Waals surface area contributed by atoms with Gasteiger partial charge in [-0.1, -0.05) is 41.9 Å². The first-order chi connectivity index (χ1) is 9.08. The molecule has 0 amide bonds. The number of carbonyl (C=O) groups is 1. The van der Waals surface area contributed by atoms with Gasteiger partial charge >= 0.3 is 0 Å². The molecule has 0 aliphatic rings. The van der Waals surface area contributed by atoms with Crippen molar-refractivity contribution in [2.75, 3.05) is 0 Å². The maximum atomic E-state index is 12.0. The van der Waals surface area contributed by atoms with Gasteiger partial charge < -0.3 is 0 Å². The van der Waals surface area contributed by atoms with E-state index >= 15 is 0 Å².